The van der Waals surface area contributed by atoms with E-state index in [2.05, 4.69) is 32.1 Å². The van der Waals surface area contributed by atoms with Gasteiger partial charge < -0.3 is 24.9 Å². The maximum atomic E-state index is 12.5. The number of carboxylic acids is 1. The van der Waals surface area contributed by atoms with Crippen molar-refractivity contribution in [3.05, 3.63) is 23.8 Å². The summed E-state index contributed by atoms with van der Waals surface area (Å²) < 4.78 is 5.99. The van der Waals surface area contributed by atoms with Gasteiger partial charge in [0.25, 0.3) is 0 Å². The number of esters is 1. The summed E-state index contributed by atoms with van der Waals surface area (Å²) >= 11 is 0. The predicted octanol–water partition coefficient (Wildman–Crippen LogP) is -0.615. The molecule has 2 aliphatic carbocycles. The van der Waals surface area contributed by atoms with E-state index in [1.54, 1.807) is 0 Å². The van der Waals surface area contributed by atoms with E-state index in [9.17, 15) is 24.9 Å². The van der Waals surface area contributed by atoms with Crippen LogP contribution in [0.25, 0.3) is 0 Å². The van der Waals surface area contributed by atoms with Gasteiger partial charge in [-0.15, -0.1) is 0 Å². The minimum absolute atomic E-state index is 0. The zero-order valence-corrected chi connectivity index (χ0v) is 21.6. The summed E-state index contributed by atoms with van der Waals surface area (Å²) in [5.74, 6) is -0.705. The second kappa shape index (κ2) is 13.1. The van der Waals surface area contributed by atoms with E-state index in [0.717, 1.165) is 12.8 Å². The van der Waals surface area contributed by atoms with E-state index >= 15 is 0 Å². The van der Waals surface area contributed by atoms with Crippen LogP contribution >= 0.6 is 0 Å². The fourth-order valence-corrected chi connectivity index (χ4v) is 4.75. The molecule has 0 aromatic heterocycles. The number of aliphatic hydroxyl groups excluding tert-OH is 2. The van der Waals surface area contributed by atoms with Crippen LogP contribution in [-0.4, -0.2) is 40.5 Å². The quantitative estimate of drug-likeness (QED) is 0.344. The van der Waals surface area contributed by atoms with Gasteiger partial charge in [-0.05, 0) is 55.4 Å². The molecule has 0 aliphatic heterocycles. The molecule has 7 heteroatoms. The minimum Gasteiger partial charge on any atom is -0.550 e. The van der Waals surface area contributed by atoms with Crippen LogP contribution in [-0.2, 0) is 14.3 Å². The summed E-state index contributed by atoms with van der Waals surface area (Å²) in [6.45, 7) is 8.14. The van der Waals surface area contributed by atoms with Gasteiger partial charge in [0.2, 0.25) is 0 Å². The number of hydrogen-bond acceptors (Lipinski definition) is 6. The van der Waals surface area contributed by atoms with Gasteiger partial charge in [-0.2, -0.15) is 0 Å². The third-order valence-corrected chi connectivity index (χ3v) is 6.66. The number of aliphatic hydroxyl groups is 2. The first-order chi connectivity index (χ1) is 14.1. The number of rotatable bonds is 10. The van der Waals surface area contributed by atoms with Crippen molar-refractivity contribution in [1.82, 2.24) is 0 Å². The summed E-state index contributed by atoms with van der Waals surface area (Å²) in [7, 11) is 0. The van der Waals surface area contributed by atoms with Crippen LogP contribution in [0.4, 0.5) is 0 Å². The number of ether oxygens (including phenoxy) is 1. The Kier molecular flexibility index (Phi) is 12.0. The van der Waals surface area contributed by atoms with E-state index < -0.39 is 24.6 Å². The average Bonchev–Trinajstić information content (AvgIpc) is 2.65. The Morgan fingerprint density at radius 3 is 2.55 bits per heavy atom. The summed E-state index contributed by atoms with van der Waals surface area (Å²) in [5, 5.41) is 30.7. The number of hydrogen-bond donors (Lipinski definition) is 2. The van der Waals surface area contributed by atoms with Gasteiger partial charge in [0.05, 0.1) is 18.1 Å². The molecule has 0 fully saturated rings. The molecule has 8 atom stereocenters. The van der Waals surface area contributed by atoms with Crippen LogP contribution < -0.4 is 34.7 Å². The molecular formula is C24H37NaO6. The number of aliphatic carboxylic acids is 1. The standard InChI is InChI=1S/C24H38O6.Na/c1-5-15(3)24(29)30-21-11-14(2)10-17-7-6-16(4)20(23(17)21)9-8-18(25)12-19(26)13-22(27)28;/h6-7,10,14-16,18-21,23,25-26H,5,8-9,11-13H2,1-4H3,(H,27,28);/q;+1/p-1/t14-,15+,16-,18+,19+,20-,21-,23-;/m0./s1. The number of carbonyl (C=O) groups is 2. The molecule has 0 heterocycles. The monoisotopic (exact) mass is 444 g/mol. The van der Waals surface area contributed by atoms with Crippen LogP contribution in [0, 0.1) is 29.6 Å². The smallest absolute Gasteiger partial charge is 0.550 e. The van der Waals surface area contributed by atoms with E-state index in [1.807, 2.05) is 13.8 Å². The Hall–Kier alpha value is -0.660. The van der Waals surface area contributed by atoms with Gasteiger partial charge in [0, 0.05) is 18.3 Å². The normalized spacial score (nSPS) is 30.3. The van der Waals surface area contributed by atoms with Gasteiger partial charge in [0.15, 0.2) is 0 Å². The fraction of sp³-hybridized carbons (Fsp3) is 0.750. The van der Waals surface area contributed by atoms with Crippen molar-refractivity contribution in [3.63, 3.8) is 0 Å². The first-order valence-corrected chi connectivity index (χ1v) is 11.3. The number of fused-ring (bicyclic) bond motifs is 1. The average molecular weight is 445 g/mol. The minimum atomic E-state index is -1.32. The number of carboxylic acid groups (broad SMARTS) is 1. The molecule has 2 N–H and O–H groups in total. The third kappa shape index (κ3) is 8.32. The van der Waals surface area contributed by atoms with Crippen molar-refractivity contribution in [1.29, 1.82) is 0 Å². The topological polar surface area (TPSA) is 107 Å². The predicted molar refractivity (Wildman–Crippen MR) is 112 cm³/mol. The van der Waals surface area contributed by atoms with Crippen LogP contribution in [0.3, 0.4) is 0 Å². The van der Waals surface area contributed by atoms with Gasteiger partial charge >= 0.3 is 35.5 Å². The SMILES string of the molecule is CC[C@@H](C)C(=O)O[C@H]1C[C@@H](C)C=C2C=C[C@H](C)[C@H](CC[C@@H](O)C[C@@H](O)CC(=O)[O-])[C@H]21.[Na+]. The van der Waals surface area contributed by atoms with Crippen molar-refractivity contribution in [2.24, 2.45) is 29.6 Å². The van der Waals surface area contributed by atoms with Crippen LogP contribution in [0.1, 0.15) is 66.2 Å². The molecule has 0 amide bonds. The molecule has 2 aliphatic rings. The Labute approximate surface area is 208 Å². The molecule has 0 saturated heterocycles. The van der Waals surface area contributed by atoms with Crippen molar-refractivity contribution < 1.29 is 59.2 Å². The van der Waals surface area contributed by atoms with Crippen molar-refractivity contribution in [2.45, 2.75) is 84.5 Å². The fourth-order valence-electron chi connectivity index (χ4n) is 4.75. The zero-order valence-electron chi connectivity index (χ0n) is 19.6. The molecular weight excluding hydrogens is 407 g/mol. The molecule has 0 saturated carbocycles. The Morgan fingerprint density at radius 1 is 1.26 bits per heavy atom. The Bertz CT molecular complexity index is 660. The molecule has 2 rings (SSSR count). The van der Waals surface area contributed by atoms with Crippen molar-refractivity contribution in [3.8, 4) is 0 Å². The first-order valence-electron chi connectivity index (χ1n) is 11.3. The summed E-state index contributed by atoms with van der Waals surface area (Å²) in [6, 6.07) is 0. The molecule has 0 aromatic carbocycles. The van der Waals surface area contributed by atoms with Gasteiger partial charge in [-0.25, -0.2) is 0 Å². The first kappa shape index (κ1) is 28.4. The molecule has 0 bridgehead atoms. The number of allylic oxidation sites excluding steroid dienone is 3. The largest absolute Gasteiger partial charge is 1.00 e. The second-order valence-electron chi connectivity index (χ2n) is 9.27. The van der Waals surface area contributed by atoms with Crippen LogP contribution in [0.5, 0.6) is 0 Å². The van der Waals surface area contributed by atoms with E-state index in [1.165, 1.54) is 5.57 Å². The molecule has 0 aromatic rings. The molecule has 0 unspecified atom stereocenters. The Balaban J connectivity index is 0.00000480. The van der Waals surface area contributed by atoms with Crippen molar-refractivity contribution >= 4 is 11.9 Å². The van der Waals surface area contributed by atoms with Gasteiger partial charge in [-0.3, -0.25) is 4.79 Å². The second-order valence-corrected chi connectivity index (χ2v) is 9.27. The summed E-state index contributed by atoms with van der Waals surface area (Å²) in [5.41, 5.74) is 1.20. The molecule has 31 heavy (non-hydrogen) atoms. The van der Waals surface area contributed by atoms with E-state index in [0.29, 0.717) is 18.8 Å². The maximum Gasteiger partial charge on any atom is 1.00 e. The van der Waals surface area contributed by atoms with Gasteiger partial charge in [0.1, 0.15) is 6.10 Å². The summed E-state index contributed by atoms with van der Waals surface area (Å²) in [4.78, 5) is 23.1. The van der Waals surface area contributed by atoms with Crippen LogP contribution in [0.2, 0.25) is 0 Å². The zero-order chi connectivity index (χ0) is 22.4. The van der Waals surface area contributed by atoms with Gasteiger partial charge in [-0.1, -0.05) is 45.9 Å². The van der Waals surface area contributed by atoms with Crippen molar-refractivity contribution in [2.75, 3.05) is 0 Å². The van der Waals surface area contributed by atoms with E-state index in [4.69, 9.17) is 4.74 Å². The van der Waals surface area contributed by atoms with Crippen LogP contribution in [0.15, 0.2) is 23.8 Å². The third-order valence-electron chi connectivity index (χ3n) is 6.66. The molecule has 6 nitrogen and oxygen atoms in total. The Morgan fingerprint density at radius 2 is 1.94 bits per heavy atom. The molecule has 0 spiro atoms. The summed E-state index contributed by atoms with van der Waals surface area (Å²) in [6.07, 6.45) is 6.75. The number of carbonyl (C=O) groups excluding carboxylic acids is 2. The molecule has 0 radical (unpaired) electrons. The van der Waals surface area contributed by atoms with E-state index in [-0.39, 0.29) is 71.7 Å². The molecule has 170 valence electrons. The maximum absolute atomic E-state index is 12.5.